The molecule has 1 aliphatic carbocycles. The Morgan fingerprint density at radius 1 is 1.32 bits per heavy atom. The Morgan fingerprint density at radius 2 is 2.08 bits per heavy atom. The van der Waals surface area contributed by atoms with Crippen LogP contribution in [0.2, 0.25) is 0 Å². The van der Waals surface area contributed by atoms with Gasteiger partial charge in [-0.2, -0.15) is 0 Å². The predicted octanol–water partition coefficient (Wildman–Crippen LogP) is 2.99. The summed E-state index contributed by atoms with van der Waals surface area (Å²) in [5.74, 6) is 0.352. The van der Waals surface area contributed by atoms with Gasteiger partial charge in [0.1, 0.15) is 6.10 Å². The summed E-state index contributed by atoms with van der Waals surface area (Å²) in [5.41, 5.74) is 0. The molecule has 3 fully saturated rings. The molecule has 6 nitrogen and oxygen atoms in total. The number of hydrogen-bond donors (Lipinski definition) is 0. The van der Waals surface area contributed by atoms with Gasteiger partial charge in [0, 0.05) is 19.5 Å². The second-order valence-electron chi connectivity index (χ2n) is 8.20. The molecule has 0 aromatic heterocycles. The molecule has 5 atom stereocenters. The smallest absolute Gasteiger partial charge is 0.409 e. The van der Waals surface area contributed by atoms with Gasteiger partial charge in [0.15, 0.2) is 11.6 Å². The predicted molar refractivity (Wildman–Crippen MR) is 92.0 cm³/mol. The summed E-state index contributed by atoms with van der Waals surface area (Å²) in [6.45, 7) is 9.84. The number of unbranched alkanes of at least 4 members (excludes halogenated alkanes) is 1. The highest BCUT2D eigenvalue weighted by Gasteiger charge is 2.56. The van der Waals surface area contributed by atoms with Crippen molar-refractivity contribution in [1.29, 1.82) is 0 Å². The van der Waals surface area contributed by atoms with Gasteiger partial charge >= 0.3 is 6.09 Å². The minimum absolute atomic E-state index is 0.141. The molecule has 2 unspecified atom stereocenters. The molecule has 0 aromatic rings. The maximum atomic E-state index is 12.3. The fourth-order valence-corrected chi connectivity index (χ4v) is 4.57. The molecule has 0 bridgehead atoms. The normalized spacial score (nSPS) is 37.2. The highest BCUT2D eigenvalue weighted by atomic mass is 16.8. The molecule has 1 saturated carbocycles. The van der Waals surface area contributed by atoms with Gasteiger partial charge in [0.25, 0.3) is 0 Å². The molecule has 2 saturated heterocycles. The Bertz CT molecular complexity index is 520. The highest BCUT2D eigenvalue weighted by molar-refractivity contribution is 5.87. The average molecular weight is 353 g/mol. The molecule has 2 aliphatic heterocycles. The first-order valence-electron chi connectivity index (χ1n) is 9.62. The van der Waals surface area contributed by atoms with E-state index in [0.717, 1.165) is 19.3 Å². The van der Waals surface area contributed by atoms with Crippen molar-refractivity contribution in [3.8, 4) is 0 Å². The number of nitrogens with zero attached hydrogens (tertiary/aromatic N) is 1. The number of fused-ring (bicyclic) bond motifs is 1. The molecule has 0 spiro atoms. The molecule has 25 heavy (non-hydrogen) atoms. The summed E-state index contributed by atoms with van der Waals surface area (Å²) in [4.78, 5) is 26.3. The van der Waals surface area contributed by atoms with Crippen molar-refractivity contribution >= 4 is 11.9 Å². The van der Waals surface area contributed by atoms with Crippen LogP contribution < -0.4 is 0 Å². The molecule has 0 aromatic carbocycles. The Hall–Kier alpha value is -1.14. The van der Waals surface area contributed by atoms with Crippen molar-refractivity contribution in [2.75, 3.05) is 19.7 Å². The van der Waals surface area contributed by atoms with Crippen LogP contribution in [0.25, 0.3) is 0 Å². The zero-order chi connectivity index (χ0) is 18.2. The molecular formula is C19H31NO5. The number of amides is 1. The Kier molecular flexibility index (Phi) is 5.40. The maximum Gasteiger partial charge on any atom is 0.409 e. The third kappa shape index (κ3) is 3.85. The Morgan fingerprint density at radius 3 is 2.76 bits per heavy atom. The number of piperidine rings is 1. The van der Waals surface area contributed by atoms with Gasteiger partial charge in [0.2, 0.25) is 0 Å². The van der Waals surface area contributed by atoms with Crippen LogP contribution in [0, 0.1) is 17.8 Å². The number of likely N-dealkylation sites (tertiary alicyclic amines) is 1. The number of Topliss-reactive ketones (excluding diaryl/α,β-unsaturated/α-hetero) is 1. The summed E-state index contributed by atoms with van der Waals surface area (Å²) in [5, 5.41) is 0. The van der Waals surface area contributed by atoms with Crippen LogP contribution in [0.1, 0.15) is 53.4 Å². The van der Waals surface area contributed by atoms with E-state index in [1.54, 1.807) is 4.90 Å². The molecule has 0 N–H and O–H groups in total. The van der Waals surface area contributed by atoms with Crippen molar-refractivity contribution in [3.05, 3.63) is 0 Å². The third-order valence-corrected chi connectivity index (χ3v) is 5.81. The first kappa shape index (κ1) is 18.6. The summed E-state index contributed by atoms with van der Waals surface area (Å²) < 4.78 is 17.2. The van der Waals surface area contributed by atoms with Gasteiger partial charge in [-0.15, -0.1) is 0 Å². The SMILES string of the molecule is CCCCOC(=O)N1CCC([C@H]2CC(=O)[C@@H]3OC(C)(C)O[C@H]23)C(C)C1. The zero-order valence-corrected chi connectivity index (χ0v) is 15.8. The van der Waals surface area contributed by atoms with Crippen LogP contribution in [0.3, 0.4) is 0 Å². The number of rotatable bonds is 4. The van der Waals surface area contributed by atoms with Gasteiger partial charge in [-0.25, -0.2) is 4.79 Å². The number of carbonyl (C=O) groups is 2. The highest BCUT2D eigenvalue weighted by Crippen LogP contribution is 2.46. The van der Waals surface area contributed by atoms with Gasteiger partial charge in [-0.1, -0.05) is 20.3 Å². The Balaban J connectivity index is 1.58. The second-order valence-corrected chi connectivity index (χ2v) is 8.20. The number of ketones is 1. The third-order valence-electron chi connectivity index (χ3n) is 5.81. The topological polar surface area (TPSA) is 65.1 Å². The van der Waals surface area contributed by atoms with E-state index < -0.39 is 11.9 Å². The number of carbonyl (C=O) groups excluding carboxylic acids is 2. The van der Waals surface area contributed by atoms with Crippen LogP contribution in [0.5, 0.6) is 0 Å². The van der Waals surface area contributed by atoms with Crippen LogP contribution >= 0.6 is 0 Å². The molecule has 6 heteroatoms. The number of ether oxygens (including phenoxy) is 3. The van der Waals surface area contributed by atoms with Crippen molar-refractivity contribution in [3.63, 3.8) is 0 Å². The van der Waals surface area contributed by atoms with Gasteiger partial charge in [-0.3, -0.25) is 4.79 Å². The van der Waals surface area contributed by atoms with E-state index in [1.165, 1.54) is 0 Å². The average Bonchev–Trinajstić information content (AvgIpc) is 3.02. The van der Waals surface area contributed by atoms with Crippen LogP contribution in [-0.2, 0) is 19.0 Å². The van der Waals surface area contributed by atoms with Gasteiger partial charge in [-0.05, 0) is 44.4 Å². The van der Waals surface area contributed by atoms with E-state index in [2.05, 4.69) is 13.8 Å². The summed E-state index contributed by atoms with van der Waals surface area (Å²) >= 11 is 0. The van der Waals surface area contributed by atoms with Crippen molar-refractivity contribution < 1.29 is 23.8 Å². The van der Waals surface area contributed by atoms with E-state index >= 15 is 0 Å². The largest absolute Gasteiger partial charge is 0.449 e. The van der Waals surface area contributed by atoms with Crippen LogP contribution in [0.15, 0.2) is 0 Å². The molecule has 142 valence electrons. The van der Waals surface area contributed by atoms with Crippen LogP contribution in [-0.4, -0.2) is 54.5 Å². The Labute approximate surface area is 150 Å². The minimum Gasteiger partial charge on any atom is -0.449 e. The summed E-state index contributed by atoms with van der Waals surface area (Å²) in [6, 6.07) is 0. The van der Waals surface area contributed by atoms with E-state index in [9.17, 15) is 9.59 Å². The quantitative estimate of drug-likeness (QED) is 0.727. The molecule has 3 aliphatic rings. The molecule has 0 radical (unpaired) electrons. The minimum atomic E-state index is -0.684. The lowest BCUT2D eigenvalue weighted by molar-refractivity contribution is -0.166. The lowest BCUT2D eigenvalue weighted by atomic mass is 9.76. The van der Waals surface area contributed by atoms with E-state index in [-0.39, 0.29) is 23.9 Å². The van der Waals surface area contributed by atoms with E-state index in [1.807, 2.05) is 13.8 Å². The lowest BCUT2D eigenvalue weighted by Gasteiger charge is -2.40. The summed E-state index contributed by atoms with van der Waals surface area (Å²) in [7, 11) is 0. The maximum absolute atomic E-state index is 12.3. The van der Waals surface area contributed by atoms with Gasteiger partial charge in [0.05, 0.1) is 12.7 Å². The molecular weight excluding hydrogens is 322 g/mol. The fraction of sp³-hybridized carbons (Fsp3) is 0.895. The second kappa shape index (κ2) is 7.23. The van der Waals surface area contributed by atoms with E-state index in [0.29, 0.717) is 38.0 Å². The van der Waals surface area contributed by atoms with Crippen molar-refractivity contribution in [2.24, 2.45) is 17.8 Å². The van der Waals surface area contributed by atoms with E-state index in [4.69, 9.17) is 14.2 Å². The molecule has 1 amide bonds. The fourth-order valence-electron chi connectivity index (χ4n) is 4.57. The first-order valence-corrected chi connectivity index (χ1v) is 9.62. The van der Waals surface area contributed by atoms with Crippen molar-refractivity contribution in [2.45, 2.75) is 71.4 Å². The summed E-state index contributed by atoms with van der Waals surface area (Å²) in [6.07, 6.45) is 2.57. The number of hydrogen-bond acceptors (Lipinski definition) is 5. The van der Waals surface area contributed by atoms with Crippen LogP contribution in [0.4, 0.5) is 4.79 Å². The standard InChI is InChI=1S/C19H31NO5/c1-5-6-9-23-18(22)20-8-7-13(12(2)11-20)14-10-15(21)17-16(14)24-19(3,4)25-17/h12-14,16-17H,5-11H2,1-4H3/t12?,13?,14-,16-,17+/m1/s1. The van der Waals surface area contributed by atoms with Gasteiger partial charge < -0.3 is 19.1 Å². The van der Waals surface area contributed by atoms with Crippen molar-refractivity contribution in [1.82, 2.24) is 4.90 Å². The lowest BCUT2D eigenvalue weighted by Crippen LogP contribution is -2.46. The first-order chi connectivity index (χ1) is 11.8. The molecule has 3 rings (SSSR count). The zero-order valence-electron chi connectivity index (χ0n) is 15.8. The monoisotopic (exact) mass is 353 g/mol. The molecule has 2 heterocycles.